The number of thiazole rings is 1. The van der Waals surface area contributed by atoms with Crippen LogP contribution in [-0.2, 0) is 16.4 Å². The van der Waals surface area contributed by atoms with E-state index in [-0.39, 0.29) is 17.1 Å². The van der Waals surface area contributed by atoms with E-state index in [1.54, 1.807) is 11.6 Å². The van der Waals surface area contributed by atoms with Crippen molar-refractivity contribution in [2.75, 3.05) is 12.3 Å². The van der Waals surface area contributed by atoms with Gasteiger partial charge in [0.05, 0.1) is 14.8 Å². The van der Waals surface area contributed by atoms with Gasteiger partial charge in [0.1, 0.15) is 5.69 Å². The van der Waals surface area contributed by atoms with E-state index in [4.69, 9.17) is 5.73 Å². The lowest BCUT2D eigenvalue weighted by molar-refractivity contribution is -0.384. The van der Waals surface area contributed by atoms with Crippen LogP contribution in [0.15, 0.2) is 34.7 Å². The molecule has 1 heterocycles. The van der Waals surface area contributed by atoms with E-state index < -0.39 is 20.6 Å². The van der Waals surface area contributed by atoms with Gasteiger partial charge in [0.25, 0.3) is 5.69 Å². The summed E-state index contributed by atoms with van der Waals surface area (Å²) in [5.74, 6) is 0. The van der Waals surface area contributed by atoms with Crippen molar-refractivity contribution in [3.8, 4) is 0 Å². The van der Waals surface area contributed by atoms with Crippen LogP contribution in [-0.4, -0.2) is 24.9 Å². The molecule has 1 aromatic carbocycles. The normalized spacial score (nSPS) is 11.4. The molecule has 10 heteroatoms. The number of nitro groups is 1. The maximum atomic E-state index is 12.1. The third kappa shape index (κ3) is 3.74. The molecule has 0 bridgehead atoms. The number of hydrogen-bond donors (Lipinski definition) is 2. The number of aromatic nitrogens is 1. The summed E-state index contributed by atoms with van der Waals surface area (Å²) in [4.78, 5) is 13.9. The van der Waals surface area contributed by atoms with Crippen LogP contribution in [0.2, 0.25) is 0 Å². The highest BCUT2D eigenvalue weighted by Crippen LogP contribution is 2.24. The van der Waals surface area contributed by atoms with E-state index in [1.807, 2.05) is 0 Å². The van der Waals surface area contributed by atoms with Gasteiger partial charge >= 0.3 is 0 Å². The van der Waals surface area contributed by atoms with Gasteiger partial charge in [0.15, 0.2) is 0 Å². The topological polar surface area (TPSA) is 128 Å². The molecule has 21 heavy (non-hydrogen) atoms. The average Bonchev–Trinajstić information content (AvgIpc) is 2.91. The summed E-state index contributed by atoms with van der Waals surface area (Å²) < 4.78 is 26.5. The first-order valence-corrected chi connectivity index (χ1v) is 8.18. The summed E-state index contributed by atoms with van der Waals surface area (Å²) >= 11 is 1.43. The van der Waals surface area contributed by atoms with Gasteiger partial charge in [-0.1, -0.05) is 0 Å². The van der Waals surface area contributed by atoms with Crippen molar-refractivity contribution in [3.05, 3.63) is 44.9 Å². The average molecular weight is 328 g/mol. The largest absolute Gasteiger partial charge is 0.393 e. The minimum absolute atomic E-state index is 0.0817. The van der Waals surface area contributed by atoms with Crippen LogP contribution < -0.4 is 10.5 Å². The fourth-order valence-corrected chi connectivity index (χ4v) is 3.27. The number of rotatable bonds is 6. The molecule has 0 aliphatic rings. The molecule has 112 valence electrons. The fourth-order valence-electron chi connectivity index (χ4n) is 1.60. The number of anilines is 1. The van der Waals surface area contributed by atoms with Gasteiger partial charge in [-0.25, -0.2) is 18.1 Å². The molecule has 0 aliphatic carbocycles. The molecule has 2 aromatic rings. The summed E-state index contributed by atoms with van der Waals surface area (Å²) in [6, 6.07) is 3.38. The zero-order chi connectivity index (χ0) is 15.5. The number of nitro benzene ring substituents is 1. The third-order valence-corrected chi connectivity index (χ3v) is 4.92. The number of nitrogens with two attached hydrogens (primary N) is 1. The first kappa shape index (κ1) is 15.4. The molecular formula is C11H12N4O4S2. The van der Waals surface area contributed by atoms with Crippen molar-refractivity contribution < 1.29 is 13.3 Å². The Balaban J connectivity index is 2.12. The van der Waals surface area contributed by atoms with Gasteiger partial charge in [-0.05, 0) is 12.1 Å². The van der Waals surface area contributed by atoms with Crippen molar-refractivity contribution in [3.63, 3.8) is 0 Å². The Morgan fingerprint density at radius 1 is 1.43 bits per heavy atom. The van der Waals surface area contributed by atoms with Gasteiger partial charge in [0.2, 0.25) is 10.0 Å². The molecule has 0 spiro atoms. The number of nitrogen functional groups attached to an aromatic ring is 1. The molecule has 0 unspecified atom stereocenters. The number of sulfonamides is 1. The van der Waals surface area contributed by atoms with Gasteiger partial charge in [-0.2, -0.15) is 0 Å². The minimum Gasteiger partial charge on any atom is -0.393 e. The molecule has 0 saturated heterocycles. The van der Waals surface area contributed by atoms with Crippen LogP contribution in [0.1, 0.15) is 5.01 Å². The second-order valence-corrected chi connectivity index (χ2v) is 6.80. The van der Waals surface area contributed by atoms with Crippen molar-refractivity contribution in [2.45, 2.75) is 11.3 Å². The van der Waals surface area contributed by atoms with Gasteiger partial charge in [-0.3, -0.25) is 10.1 Å². The summed E-state index contributed by atoms with van der Waals surface area (Å²) in [7, 11) is -3.82. The number of nitrogens with zero attached hydrogens (tertiary/aromatic N) is 2. The van der Waals surface area contributed by atoms with E-state index >= 15 is 0 Å². The quantitative estimate of drug-likeness (QED) is 0.465. The predicted octanol–water partition coefficient (Wildman–Crippen LogP) is 1.15. The second-order valence-electron chi connectivity index (χ2n) is 4.05. The Bertz CT molecular complexity index is 744. The third-order valence-electron chi connectivity index (χ3n) is 2.62. The Labute approximate surface area is 124 Å². The standard InChI is InChI=1S/C11H12N4O4S2/c12-9-2-1-8(7-10(9)15(16)17)21(18,19)14-4-3-11-13-5-6-20-11/h1-2,5-7,14H,3-4,12H2. The highest BCUT2D eigenvalue weighted by molar-refractivity contribution is 7.89. The molecule has 0 saturated carbocycles. The molecule has 1 aromatic heterocycles. The summed E-state index contributed by atoms with van der Waals surface area (Å²) in [6.45, 7) is 0.161. The smallest absolute Gasteiger partial charge is 0.293 e. The predicted molar refractivity (Wildman–Crippen MR) is 78.5 cm³/mol. The van der Waals surface area contributed by atoms with E-state index in [0.717, 1.165) is 11.1 Å². The number of nitrogens with one attached hydrogen (secondary N) is 1. The van der Waals surface area contributed by atoms with Crippen molar-refractivity contribution in [1.29, 1.82) is 0 Å². The van der Waals surface area contributed by atoms with Crippen molar-refractivity contribution >= 4 is 32.7 Å². The Kier molecular flexibility index (Phi) is 4.50. The lowest BCUT2D eigenvalue weighted by Gasteiger charge is -2.06. The van der Waals surface area contributed by atoms with Crippen LogP contribution >= 0.6 is 11.3 Å². The van der Waals surface area contributed by atoms with Crippen molar-refractivity contribution in [2.24, 2.45) is 0 Å². The number of benzene rings is 1. The molecule has 3 N–H and O–H groups in total. The fraction of sp³-hybridized carbons (Fsp3) is 0.182. The second kappa shape index (κ2) is 6.16. The maximum absolute atomic E-state index is 12.1. The van der Waals surface area contributed by atoms with E-state index in [2.05, 4.69) is 9.71 Å². The molecule has 0 amide bonds. The zero-order valence-corrected chi connectivity index (χ0v) is 12.4. The van der Waals surface area contributed by atoms with Gasteiger partial charge < -0.3 is 5.73 Å². The SMILES string of the molecule is Nc1ccc(S(=O)(=O)NCCc2nccs2)cc1[N+](=O)[O-]. The van der Waals surface area contributed by atoms with Crippen LogP contribution in [0.3, 0.4) is 0 Å². The Hall–Kier alpha value is -2.04. The maximum Gasteiger partial charge on any atom is 0.293 e. The van der Waals surface area contributed by atoms with E-state index in [0.29, 0.717) is 6.42 Å². The number of hydrogen-bond acceptors (Lipinski definition) is 7. The Morgan fingerprint density at radius 3 is 2.81 bits per heavy atom. The molecular weight excluding hydrogens is 316 g/mol. The lowest BCUT2D eigenvalue weighted by atomic mass is 10.3. The lowest BCUT2D eigenvalue weighted by Crippen LogP contribution is -2.26. The van der Waals surface area contributed by atoms with E-state index in [9.17, 15) is 18.5 Å². The van der Waals surface area contributed by atoms with Crippen LogP contribution in [0.5, 0.6) is 0 Å². The molecule has 8 nitrogen and oxygen atoms in total. The van der Waals surface area contributed by atoms with Crippen LogP contribution in [0.4, 0.5) is 11.4 Å². The van der Waals surface area contributed by atoms with Crippen LogP contribution in [0, 0.1) is 10.1 Å². The molecule has 0 aliphatic heterocycles. The molecule has 0 atom stereocenters. The monoisotopic (exact) mass is 328 g/mol. The first-order valence-electron chi connectivity index (χ1n) is 5.82. The highest BCUT2D eigenvalue weighted by atomic mass is 32.2. The zero-order valence-electron chi connectivity index (χ0n) is 10.7. The summed E-state index contributed by atoms with van der Waals surface area (Å²) in [5.41, 5.74) is 4.92. The Morgan fingerprint density at radius 2 is 2.19 bits per heavy atom. The summed E-state index contributed by atoms with van der Waals surface area (Å²) in [6.07, 6.45) is 2.09. The van der Waals surface area contributed by atoms with Crippen molar-refractivity contribution in [1.82, 2.24) is 9.71 Å². The van der Waals surface area contributed by atoms with Gasteiger partial charge in [-0.15, -0.1) is 11.3 Å². The minimum atomic E-state index is -3.82. The van der Waals surface area contributed by atoms with E-state index in [1.165, 1.54) is 23.5 Å². The highest BCUT2D eigenvalue weighted by Gasteiger charge is 2.19. The molecule has 0 radical (unpaired) electrons. The molecule has 2 rings (SSSR count). The van der Waals surface area contributed by atoms with Crippen LogP contribution in [0.25, 0.3) is 0 Å². The van der Waals surface area contributed by atoms with Gasteiger partial charge in [0, 0.05) is 30.6 Å². The molecule has 0 fully saturated rings. The summed E-state index contributed by atoms with van der Waals surface area (Å²) in [5, 5.41) is 13.4. The first-order chi connectivity index (χ1) is 9.90.